The van der Waals surface area contributed by atoms with E-state index < -0.39 is 5.60 Å². The lowest BCUT2D eigenvalue weighted by molar-refractivity contribution is 0.158. The molecule has 0 bridgehead atoms. The second-order valence-electron chi connectivity index (χ2n) is 7.89. The van der Waals surface area contributed by atoms with Crippen LogP contribution in [0.5, 0.6) is 11.5 Å². The molecule has 2 aromatic rings. The van der Waals surface area contributed by atoms with Crippen molar-refractivity contribution in [2.24, 2.45) is 0 Å². The van der Waals surface area contributed by atoms with Gasteiger partial charge in [-0.2, -0.15) is 0 Å². The highest BCUT2D eigenvalue weighted by molar-refractivity contribution is 5.94. The van der Waals surface area contributed by atoms with E-state index in [1.165, 1.54) is 12.8 Å². The minimum Gasteiger partial charge on any atom is -0.490 e. The van der Waals surface area contributed by atoms with Gasteiger partial charge in [0, 0.05) is 12.1 Å². The highest BCUT2D eigenvalue weighted by Crippen LogP contribution is 2.44. The molecule has 0 radical (unpaired) electrons. The molecule has 4 nitrogen and oxygen atoms in total. The summed E-state index contributed by atoms with van der Waals surface area (Å²) < 4.78 is 18.2. The summed E-state index contributed by atoms with van der Waals surface area (Å²) in [6.07, 6.45) is 10.7. The highest BCUT2D eigenvalue weighted by atomic mass is 16.5. The molecule has 26 heavy (non-hydrogen) atoms. The zero-order valence-corrected chi connectivity index (χ0v) is 15.8. The molecule has 0 atom stereocenters. The molecule has 138 valence electrons. The molecule has 0 unspecified atom stereocenters. The Kier molecular flexibility index (Phi) is 4.29. The smallest absolute Gasteiger partial charge is 0.336 e. The molecule has 1 aliphatic heterocycles. The molecule has 0 N–H and O–H groups in total. The molecular weight excluding hydrogens is 328 g/mol. The quantitative estimate of drug-likeness (QED) is 0.704. The first-order chi connectivity index (χ1) is 12.5. The average molecular weight is 354 g/mol. The van der Waals surface area contributed by atoms with E-state index in [0.29, 0.717) is 5.58 Å². The molecule has 2 heterocycles. The minimum atomic E-state index is -0.411. The summed E-state index contributed by atoms with van der Waals surface area (Å²) in [7, 11) is 0. The summed E-state index contributed by atoms with van der Waals surface area (Å²) in [6, 6.07) is 3.47. The Hall–Kier alpha value is -2.23. The van der Waals surface area contributed by atoms with Gasteiger partial charge in [-0.25, -0.2) is 4.79 Å². The highest BCUT2D eigenvalue weighted by Gasteiger charge is 2.29. The molecule has 1 aromatic carbocycles. The van der Waals surface area contributed by atoms with Gasteiger partial charge in [0.15, 0.2) is 0 Å². The van der Waals surface area contributed by atoms with Crippen LogP contribution in [0.1, 0.15) is 64.0 Å². The van der Waals surface area contributed by atoms with Crippen molar-refractivity contribution in [3.05, 3.63) is 39.8 Å². The van der Waals surface area contributed by atoms with E-state index in [9.17, 15) is 4.79 Å². The fourth-order valence-corrected chi connectivity index (χ4v) is 3.96. The molecule has 2 aliphatic rings. The second-order valence-corrected chi connectivity index (χ2v) is 7.89. The van der Waals surface area contributed by atoms with Gasteiger partial charge < -0.3 is 13.9 Å². The van der Waals surface area contributed by atoms with Gasteiger partial charge in [0.05, 0.1) is 17.1 Å². The number of aryl methyl sites for hydroxylation is 1. The third-order valence-corrected chi connectivity index (χ3v) is 5.20. The van der Waals surface area contributed by atoms with E-state index in [1.807, 2.05) is 19.9 Å². The summed E-state index contributed by atoms with van der Waals surface area (Å²) in [6.45, 7) is 6.16. The van der Waals surface area contributed by atoms with Crippen LogP contribution in [0.15, 0.2) is 27.4 Å². The first kappa shape index (κ1) is 17.2. The summed E-state index contributed by atoms with van der Waals surface area (Å²) in [5.74, 6) is 1.53. The van der Waals surface area contributed by atoms with E-state index in [-0.39, 0.29) is 11.7 Å². The van der Waals surface area contributed by atoms with Crippen LogP contribution in [-0.4, -0.2) is 11.7 Å². The van der Waals surface area contributed by atoms with Gasteiger partial charge in [0.25, 0.3) is 0 Å². The molecule has 0 spiro atoms. The number of benzene rings is 1. The molecule has 1 aromatic heterocycles. The maximum Gasteiger partial charge on any atom is 0.336 e. The van der Waals surface area contributed by atoms with Crippen molar-refractivity contribution in [1.29, 1.82) is 0 Å². The van der Waals surface area contributed by atoms with Gasteiger partial charge in [0.1, 0.15) is 22.7 Å². The van der Waals surface area contributed by atoms with E-state index in [1.54, 1.807) is 6.07 Å². The first-order valence-corrected chi connectivity index (χ1v) is 9.65. The van der Waals surface area contributed by atoms with E-state index in [0.717, 1.165) is 53.7 Å². The maximum absolute atomic E-state index is 12.1. The van der Waals surface area contributed by atoms with Crippen LogP contribution in [-0.2, 0) is 6.42 Å². The molecule has 0 amide bonds. The van der Waals surface area contributed by atoms with Gasteiger partial charge in [-0.15, -0.1) is 0 Å². The van der Waals surface area contributed by atoms with Crippen LogP contribution in [0, 0.1) is 0 Å². The third kappa shape index (κ3) is 3.13. The predicted molar refractivity (Wildman–Crippen MR) is 103 cm³/mol. The number of rotatable bonds is 4. The monoisotopic (exact) mass is 354 g/mol. The van der Waals surface area contributed by atoms with Gasteiger partial charge in [0.2, 0.25) is 0 Å². The lowest BCUT2D eigenvalue weighted by atomic mass is 9.96. The Morgan fingerprint density at radius 2 is 2.00 bits per heavy atom. The Balaban J connectivity index is 1.94. The summed E-state index contributed by atoms with van der Waals surface area (Å²) in [4.78, 5) is 12.1. The van der Waals surface area contributed by atoms with Crippen LogP contribution >= 0.6 is 0 Å². The van der Waals surface area contributed by atoms with Crippen LogP contribution in [0.25, 0.3) is 17.0 Å². The van der Waals surface area contributed by atoms with E-state index >= 15 is 0 Å². The van der Waals surface area contributed by atoms with E-state index in [2.05, 4.69) is 19.1 Å². The predicted octanol–water partition coefficient (Wildman–Crippen LogP) is 5.25. The normalized spacial score (nSPS) is 18.7. The van der Waals surface area contributed by atoms with Crippen LogP contribution in [0.3, 0.4) is 0 Å². The van der Waals surface area contributed by atoms with E-state index in [4.69, 9.17) is 13.9 Å². The van der Waals surface area contributed by atoms with Crippen LogP contribution in [0.4, 0.5) is 0 Å². The third-order valence-electron chi connectivity index (χ3n) is 5.20. The minimum absolute atomic E-state index is 0.227. The lowest BCUT2D eigenvalue weighted by Crippen LogP contribution is -2.28. The zero-order chi connectivity index (χ0) is 18.3. The average Bonchev–Trinajstić information content (AvgIpc) is 3.06. The number of hydrogen-bond donors (Lipinski definition) is 0. The molecule has 1 fully saturated rings. The van der Waals surface area contributed by atoms with Crippen molar-refractivity contribution in [1.82, 2.24) is 0 Å². The van der Waals surface area contributed by atoms with Crippen molar-refractivity contribution in [2.75, 3.05) is 0 Å². The molecule has 4 heteroatoms. The van der Waals surface area contributed by atoms with Crippen molar-refractivity contribution < 1.29 is 13.9 Å². The first-order valence-electron chi connectivity index (χ1n) is 9.65. The lowest BCUT2D eigenvalue weighted by Gasteiger charge is -2.30. The Morgan fingerprint density at radius 1 is 1.23 bits per heavy atom. The SMILES string of the molecule is CCCc1cc(=O)oc2cc(OC3CCCC3)c3c(c12)OC(C)(C)C=C3. The largest absolute Gasteiger partial charge is 0.490 e. The molecular formula is C22H26O4. The fraction of sp³-hybridized carbons (Fsp3) is 0.500. The van der Waals surface area contributed by atoms with Crippen molar-refractivity contribution in [2.45, 2.75) is 71.0 Å². The van der Waals surface area contributed by atoms with Gasteiger partial charge in [-0.3, -0.25) is 0 Å². The molecule has 1 aliphatic carbocycles. The van der Waals surface area contributed by atoms with Crippen LogP contribution < -0.4 is 15.1 Å². The van der Waals surface area contributed by atoms with Crippen molar-refractivity contribution >= 4 is 17.0 Å². The summed E-state index contributed by atoms with van der Waals surface area (Å²) in [5.41, 5.74) is 1.76. The van der Waals surface area contributed by atoms with Gasteiger partial charge in [-0.1, -0.05) is 13.3 Å². The number of hydrogen-bond acceptors (Lipinski definition) is 4. The summed E-state index contributed by atoms with van der Waals surface area (Å²) in [5, 5.41) is 0.901. The Bertz CT molecular complexity index is 914. The molecule has 0 saturated heterocycles. The van der Waals surface area contributed by atoms with Crippen molar-refractivity contribution in [3.63, 3.8) is 0 Å². The second kappa shape index (κ2) is 6.49. The standard InChI is InChI=1S/C22H26O4/c1-4-7-14-12-19(23)25-18-13-17(24-15-8-5-6-9-15)16-10-11-22(2,3)26-21(16)20(14)18/h10-13,15H,4-9H2,1-3H3. The number of fused-ring (bicyclic) bond motifs is 3. The van der Waals surface area contributed by atoms with Gasteiger partial charge in [-0.05, 0) is 63.7 Å². The maximum atomic E-state index is 12.1. The fourth-order valence-electron chi connectivity index (χ4n) is 3.96. The Morgan fingerprint density at radius 3 is 2.73 bits per heavy atom. The molecule has 1 saturated carbocycles. The van der Waals surface area contributed by atoms with Gasteiger partial charge >= 0.3 is 5.63 Å². The molecule has 4 rings (SSSR count). The number of ether oxygens (including phenoxy) is 2. The summed E-state index contributed by atoms with van der Waals surface area (Å²) >= 11 is 0. The van der Waals surface area contributed by atoms with Crippen LogP contribution in [0.2, 0.25) is 0 Å². The topological polar surface area (TPSA) is 48.7 Å². The Labute approximate surface area is 153 Å². The zero-order valence-electron chi connectivity index (χ0n) is 15.8. The van der Waals surface area contributed by atoms with Crippen molar-refractivity contribution in [3.8, 4) is 11.5 Å².